The number of thiophene rings is 1. The molecule has 0 aliphatic carbocycles. The average Bonchev–Trinajstić information content (AvgIpc) is 2.96. The monoisotopic (exact) mass is 283 g/mol. The number of ether oxygens (including phenoxy) is 1. The van der Waals surface area contributed by atoms with Crippen LogP contribution in [0.5, 0.6) is 5.75 Å². The summed E-state index contributed by atoms with van der Waals surface area (Å²) < 4.78 is 5.20. The highest BCUT2D eigenvalue weighted by Gasteiger charge is 2.08. The minimum atomic E-state index is 0.0896. The summed E-state index contributed by atoms with van der Waals surface area (Å²) in [5, 5.41) is 3.00. The Balaban J connectivity index is 2.05. The van der Waals surface area contributed by atoms with Gasteiger partial charge >= 0.3 is 0 Å². The molecule has 3 aromatic rings. The number of Topliss-reactive ketones (excluding diaryl/α,β-unsaturated/α-hetero) is 1. The maximum atomic E-state index is 11.3. The molecule has 0 N–H and O–H groups in total. The molecule has 0 unspecified atom stereocenters. The zero-order chi connectivity index (χ0) is 14.1. The highest BCUT2D eigenvalue weighted by Crippen LogP contribution is 2.27. The van der Waals surface area contributed by atoms with E-state index >= 15 is 0 Å². The number of nitrogens with zero attached hydrogens (tertiary/aromatic N) is 1. The standard InChI is InChI=1S/C16H13NO2S/c1-10(18)16-8-12(9-20-16)15-5-3-11-7-13(19-2)4-6-14(11)17-15/h3-9H,1-2H3. The molecule has 2 heterocycles. The number of hydrogen-bond acceptors (Lipinski definition) is 4. The fraction of sp³-hybridized carbons (Fsp3) is 0.125. The van der Waals surface area contributed by atoms with E-state index in [1.807, 2.05) is 41.8 Å². The van der Waals surface area contributed by atoms with Gasteiger partial charge in [-0.1, -0.05) is 6.07 Å². The third-order valence-corrected chi connectivity index (χ3v) is 4.17. The topological polar surface area (TPSA) is 39.2 Å². The summed E-state index contributed by atoms with van der Waals surface area (Å²) in [4.78, 5) is 16.7. The number of carbonyl (C=O) groups excluding carboxylic acids is 1. The lowest BCUT2D eigenvalue weighted by molar-refractivity contribution is 0.102. The van der Waals surface area contributed by atoms with E-state index in [-0.39, 0.29) is 5.78 Å². The minimum absolute atomic E-state index is 0.0896. The lowest BCUT2D eigenvalue weighted by Crippen LogP contribution is -1.87. The molecule has 0 aliphatic heterocycles. The quantitative estimate of drug-likeness (QED) is 0.677. The predicted molar refractivity (Wildman–Crippen MR) is 81.6 cm³/mol. The highest BCUT2D eigenvalue weighted by molar-refractivity contribution is 7.12. The SMILES string of the molecule is COc1ccc2nc(-c3csc(C(C)=O)c3)ccc2c1. The van der Waals surface area contributed by atoms with Gasteiger partial charge in [0.2, 0.25) is 0 Å². The molecule has 0 aliphatic rings. The number of rotatable bonds is 3. The lowest BCUT2D eigenvalue weighted by Gasteiger charge is -2.03. The Kier molecular flexibility index (Phi) is 3.24. The van der Waals surface area contributed by atoms with Gasteiger partial charge in [-0.25, -0.2) is 4.98 Å². The third-order valence-electron chi connectivity index (χ3n) is 3.14. The van der Waals surface area contributed by atoms with Crippen molar-refractivity contribution in [3.63, 3.8) is 0 Å². The molecule has 0 bridgehead atoms. The van der Waals surface area contributed by atoms with Crippen molar-refractivity contribution in [1.82, 2.24) is 4.98 Å². The molecular weight excluding hydrogens is 270 g/mol. The Bertz CT molecular complexity index is 792. The fourth-order valence-electron chi connectivity index (χ4n) is 2.05. The van der Waals surface area contributed by atoms with Gasteiger partial charge in [0.05, 0.1) is 23.2 Å². The van der Waals surface area contributed by atoms with Gasteiger partial charge in [0.25, 0.3) is 0 Å². The van der Waals surface area contributed by atoms with Crippen molar-refractivity contribution >= 4 is 28.0 Å². The number of fused-ring (bicyclic) bond motifs is 1. The van der Waals surface area contributed by atoms with E-state index < -0.39 is 0 Å². The van der Waals surface area contributed by atoms with Crippen LogP contribution >= 0.6 is 11.3 Å². The van der Waals surface area contributed by atoms with Crippen molar-refractivity contribution in [2.24, 2.45) is 0 Å². The number of aromatic nitrogens is 1. The van der Waals surface area contributed by atoms with Crippen LogP contribution in [0.2, 0.25) is 0 Å². The molecule has 0 saturated carbocycles. The predicted octanol–water partition coefficient (Wildman–Crippen LogP) is 4.17. The van der Waals surface area contributed by atoms with Crippen molar-refractivity contribution in [3.8, 4) is 17.0 Å². The molecule has 2 aromatic heterocycles. The van der Waals surface area contributed by atoms with Crippen molar-refractivity contribution in [2.45, 2.75) is 6.92 Å². The van der Waals surface area contributed by atoms with Crippen LogP contribution in [-0.2, 0) is 0 Å². The first-order chi connectivity index (χ1) is 9.67. The molecule has 1 aromatic carbocycles. The number of carbonyl (C=O) groups is 1. The Morgan fingerprint density at radius 2 is 2.05 bits per heavy atom. The van der Waals surface area contributed by atoms with Gasteiger partial charge in [0.15, 0.2) is 5.78 Å². The van der Waals surface area contributed by atoms with Crippen LogP contribution in [0.15, 0.2) is 41.8 Å². The Morgan fingerprint density at radius 1 is 1.20 bits per heavy atom. The Labute approximate surface area is 120 Å². The number of pyridine rings is 1. The van der Waals surface area contributed by atoms with Crippen molar-refractivity contribution in [3.05, 3.63) is 46.7 Å². The van der Waals surface area contributed by atoms with Gasteiger partial charge in [0, 0.05) is 16.3 Å². The Morgan fingerprint density at radius 3 is 2.75 bits per heavy atom. The van der Waals surface area contributed by atoms with Gasteiger partial charge in [0.1, 0.15) is 5.75 Å². The van der Waals surface area contributed by atoms with Crippen LogP contribution in [-0.4, -0.2) is 17.9 Å². The third kappa shape index (κ3) is 2.30. The molecule has 0 amide bonds. The molecule has 100 valence electrons. The average molecular weight is 283 g/mol. The van der Waals surface area contributed by atoms with Crippen LogP contribution in [0.1, 0.15) is 16.6 Å². The summed E-state index contributed by atoms with van der Waals surface area (Å²) in [6.07, 6.45) is 0. The van der Waals surface area contributed by atoms with Crippen molar-refractivity contribution in [1.29, 1.82) is 0 Å². The van der Waals surface area contributed by atoms with Crippen LogP contribution in [0.25, 0.3) is 22.2 Å². The second kappa shape index (κ2) is 5.06. The van der Waals surface area contributed by atoms with Crippen molar-refractivity contribution < 1.29 is 9.53 Å². The lowest BCUT2D eigenvalue weighted by atomic mass is 10.1. The van der Waals surface area contributed by atoms with Gasteiger partial charge in [-0.05, 0) is 37.3 Å². The van der Waals surface area contributed by atoms with E-state index in [0.29, 0.717) is 0 Å². The summed E-state index contributed by atoms with van der Waals surface area (Å²) in [5.41, 5.74) is 2.78. The molecular formula is C16H13NO2S. The van der Waals surface area contributed by atoms with E-state index in [2.05, 4.69) is 4.98 Å². The van der Waals surface area contributed by atoms with Gasteiger partial charge in [-0.15, -0.1) is 11.3 Å². The second-order valence-corrected chi connectivity index (χ2v) is 5.42. The van der Waals surface area contributed by atoms with Gasteiger partial charge < -0.3 is 4.74 Å². The number of methoxy groups -OCH3 is 1. The highest BCUT2D eigenvalue weighted by atomic mass is 32.1. The van der Waals surface area contributed by atoms with Crippen LogP contribution in [0.4, 0.5) is 0 Å². The smallest absolute Gasteiger partial charge is 0.169 e. The molecule has 3 rings (SSSR count). The largest absolute Gasteiger partial charge is 0.497 e. The summed E-state index contributed by atoms with van der Waals surface area (Å²) in [7, 11) is 1.65. The zero-order valence-corrected chi connectivity index (χ0v) is 12.0. The molecule has 0 radical (unpaired) electrons. The summed E-state index contributed by atoms with van der Waals surface area (Å²) in [5.74, 6) is 0.910. The van der Waals surface area contributed by atoms with E-state index in [1.54, 1.807) is 14.0 Å². The number of benzene rings is 1. The Hall–Kier alpha value is -2.20. The second-order valence-electron chi connectivity index (χ2n) is 4.51. The first-order valence-electron chi connectivity index (χ1n) is 6.22. The van der Waals surface area contributed by atoms with E-state index in [9.17, 15) is 4.79 Å². The molecule has 0 spiro atoms. The van der Waals surface area contributed by atoms with Crippen LogP contribution < -0.4 is 4.74 Å². The maximum Gasteiger partial charge on any atom is 0.169 e. The summed E-state index contributed by atoms with van der Waals surface area (Å²) in [6.45, 7) is 1.58. The van der Waals surface area contributed by atoms with E-state index in [0.717, 1.165) is 32.8 Å². The molecule has 20 heavy (non-hydrogen) atoms. The number of hydrogen-bond donors (Lipinski definition) is 0. The summed E-state index contributed by atoms with van der Waals surface area (Å²) in [6, 6.07) is 11.7. The molecule has 0 saturated heterocycles. The van der Waals surface area contributed by atoms with E-state index in [1.165, 1.54) is 11.3 Å². The van der Waals surface area contributed by atoms with Gasteiger partial charge in [-0.3, -0.25) is 4.79 Å². The molecule has 0 atom stereocenters. The summed E-state index contributed by atoms with van der Waals surface area (Å²) >= 11 is 1.45. The number of ketones is 1. The molecule has 4 heteroatoms. The minimum Gasteiger partial charge on any atom is -0.497 e. The van der Waals surface area contributed by atoms with Crippen LogP contribution in [0, 0.1) is 0 Å². The molecule has 3 nitrogen and oxygen atoms in total. The first-order valence-corrected chi connectivity index (χ1v) is 7.10. The zero-order valence-electron chi connectivity index (χ0n) is 11.2. The van der Waals surface area contributed by atoms with Gasteiger partial charge in [-0.2, -0.15) is 0 Å². The fourth-order valence-corrected chi connectivity index (χ4v) is 2.85. The van der Waals surface area contributed by atoms with Crippen molar-refractivity contribution in [2.75, 3.05) is 7.11 Å². The van der Waals surface area contributed by atoms with E-state index in [4.69, 9.17) is 4.74 Å². The maximum absolute atomic E-state index is 11.3. The molecule has 0 fully saturated rings. The first kappa shape index (κ1) is 12.8. The van der Waals surface area contributed by atoms with Crippen LogP contribution in [0.3, 0.4) is 0 Å². The normalized spacial score (nSPS) is 10.7.